The van der Waals surface area contributed by atoms with Crippen molar-refractivity contribution in [2.45, 2.75) is 309 Å². The molecule has 5 aliphatic carbocycles. The van der Waals surface area contributed by atoms with Gasteiger partial charge in [0, 0.05) is 117 Å². The van der Waals surface area contributed by atoms with Gasteiger partial charge in [-0.15, -0.1) is 0 Å². The molecule has 808 valence electrons. The lowest BCUT2D eigenvalue weighted by atomic mass is 9.83. The fourth-order valence-corrected chi connectivity index (χ4v) is 24.5. The predicted molar refractivity (Wildman–Crippen MR) is 581 cm³/mol. The molecule has 19 rings (SSSR count). The number of nitrogens with zero attached hydrogens (tertiary/aromatic N) is 9. The van der Waals surface area contributed by atoms with Crippen molar-refractivity contribution in [3.63, 3.8) is 0 Å². The summed E-state index contributed by atoms with van der Waals surface area (Å²) in [5.41, 5.74) is 37.1. The number of primary amides is 4. The summed E-state index contributed by atoms with van der Waals surface area (Å²) >= 11 is 0. The second kappa shape index (κ2) is 60.0. The lowest BCUT2D eigenvalue weighted by Crippen LogP contribution is -2.45. The van der Waals surface area contributed by atoms with E-state index < -0.39 is 11.8 Å². The van der Waals surface area contributed by atoms with Crippen LogP contribution in [0.25, 0.3) is 0 Å². The zero-order valence-corrected chi connectivity index (χ0v) is 89.4. The minimum absolute atomic E-state index is 0.0599. The van der Waals surface area contributed by atoms with E-state index >= 15 is 0 Å². The molecular weight excluding hydrogens is 1840 g/mol. The molecule has 0 spiro atoms. The van der Waals surface area contributed by atoms with Crippen molar-refractivity contribution >= 4 is 75.9 Å². The molecule has 28 nitrogen and oxygen atoms in total. The van der Waals surface area contributed by atoms with Crippen molar-refractivity contribution in [2.75, 3.05) is 165 Å². The highest BCUT2D eigenvalue weighted by molar-refractivity contribution is 5.93. The number of Topliss-reactive ketones (excluding diaryl/α,β-unsaturated/α-hetero) is 1. The smallest absolute Gasteiger partial charge is 0.322 e. The molecule has 9 heterocycles. The summed E-state index contributed by atoms with van der Waals surface area (Å²) in [7, 11) is 0. The number of nitrogens with one attached hydrogen (secondary N) is 4. The van der Waals surface area contributed by atoms with Gasteiger partial charge in [-0.05, 0) is 336 Å². The standard InChI is InChI=1S/C18H26N2O.C18H25NO.C17H24N2O.2C16H22N2O.C9H18N2O.C8H16N2O2.C7H12F2N2O.C7H15N3O/c1-14-6-8-16(9-7-14)19-18(21)11-13-20-12-10-15-4-2-3-5-17(15)20;1-14-5-7-15(8-6-14)13-17(20)10-12-19-11-9-16-3-2-4-18(16)19;1-13-6-8-15(9-7-13)18-17(20)12-19-11-10-14-4-2-3-5-16(14)19;1-12-5-7-14(8-6-12)17-16(19)11-18-10-9-13-3-2-4-15(13)18;1-12-6-8-14(9-7-12)17-16(19)18-11-10-13-4-2-3-5-15(13)18;1-9(2)3-5-11(6-4-9)7-8(10)12;9-8(12)5-10-3-1-7(6-11)2-4-10;8-7(9)2-1-3-11(5-7)4-6(10)12;8-6-2-1-3-10(4-6)5-7(9)11/h6-9,15,17H,2-5,10-13H2,1H3,(H,19,21);5-8,16,18H,2-4,9-13H2,1H3;6-9,14,16H,2-5,10-12H2,1H3,(H,18,20);5-8,13,15H,2-4,9-11H2,1H3,(H,17,19);6-9,13,15H,2-5,10-11H2,1H3,(H,17,19);3-7H2,1-2H3,(H2,10,12);7,11H,1-6H2,(H2,9,12);1-5H2,(H2,10,12);6H,1-5,8H2,(H2,9,11). The monoisotopic (exact) mass is 2020 g/mol. The second-order valence-corrected chi connectivity index (χ2v) is 45.3. The van der Waals surface area contributed by atoms with Crippen LogP contribution in [0.1, 0.15) is 259 Å². The third-order valence-corrected chi connectivity index (χ3v) is 32.8. The van der Waals surface area contributed by atoms with Gasteiger partial charge in [0.2, 0.25) is 41.4 Å². The average molecular weight is 2020 g/mol. The Morgan fingerprint density at radius 1 is 0.342 bits per heavy atom. The molecule has 0 radical (unpaired) electrons. The summed E-state index contributed by atoms with van der Waals surface area (Å²) in [4.78, 5) is 122. The molecular formula is C116H180F2N18O10. The first kappa shape index (κ1) is 117. The first-order valence-corrected chi connectivity index (χ1v) is 55.6. The summed E-state index contributed by atoms with van der Waals surface area (Å²) in [5, 5.41) is 20.9. The minimum Gasteiger partial charge on any atom is -0.396 e. The number of hydrogen-bond acceptors (Lipinski definition) is 19. The third-order valence-electron chi connectivity index (χ3n) is 32.8. The number of halogens is 2. The van der Waals surface area contributed by atoms with Crippen LogP contribution >= 0.6 is 0 Å². The lowest BCUT2D eigenvalue weighted by Gasteiger charge is -2.36. The number of nitrogens with two attached hydrogens (primary N) is 5. The molecule has 11 unspecified atom stereocenters. The third kappa shape index (κ3) is 40.9. The normalized spacial score (nSPS) is 25.3. The highest BCUT2D eigenvalue weighted by atomic mass is 19.3. The van der Waals surface area contributed by atoms with E-state index in [2.05, 4.69) is 123 Å². The van der Waals surface area contributed by atoms with Crippen LogP contribution in [0.4, 0.5) is 36.3 Å². The average Bonchev–Trinajstić information content (AvgIpc) is 1.68. The molecule has 5 aromatic rings. The number of anilines is 4. The molecule has 0 aromatic heterocycles. The fraction of sp³-hybridized carbons (Fsp3) is 0.664. The Morgan fingerprint density at radius 3 is 1.12 bits per heavy atom. The zero-order valence-electron chi connectivity index (χ0n) is 89.4. The van der Waals surface area contributed by atoms with E-state index in [0.717, 1.165) is 174 Å². The van der Waals surface area contributed by atoms with Crippen LogP contribution in [0, 0.1) is 75.5 Å². The number of carbonyl (C=O) groups is 9. The minimum atomic E-state index is -2.65. The number of likely N-dealkylation sites (tertiary alicyclic amines) is 9. The molecule has 5 saturated carbocycles. The Hall–Kier alpha value is -9.21. The molecule has 5 aromatic carbocycles. The van der Waals surface area contributed by atoms with Crippen molar-refractivity contribution < 1.29 is 57.0 Å². The van der Waals surface area contributed by atoms with Crippen molar-refractivity contribution in [2.24, 2.45) is 69.6 Å². The van der Waals surface area contributed by atoms with Gasteiger partial charge in [-0.25, -0.2) is 13.6 Å². The fourth-order valence-electron chi connectivity index (χ4n) is 24.5. The van der Waals surface area contributed by atoms with E-state index in [4.69, 9.17) is 33.8 Å². The Balaban J connectivity index is 0.000000158. The second-order valence-electron chi connectivity index (χ2n) is 45.3. The molecule has 11 atom stereocenters. The summed E-state index contributed by atoms with van der Waals surface area (Å²) in [5.74, 6) is 1.54. The van der Waals surface area contributed by atoms with E-state index in [0.29, 0.717) is 93.8 Å². The van der Waals surface area contributed by atoms with Gasteiger partial charge in [0.05, 0.1) is 45.8 Å². The van der Waals surface area contributed by atoms with Gasteiger partial charge in [0.15, 0.2) is 0 Å². The van der Waals surface area contributed by atoms with Crippen LogP contribution in [-0.4, -0.2) is 289 Å². The van der Waals surface area contributed by atoms with Gasteiger partial charge < -0.3 is 59.9 Å². The van der Waals surface area contributed by atoms with Gasteiger partial charge in [-0.1, -0.05) is 166 Å². The summed E-state index contributed by atoms with van der Waals surface area (Å²) in [6, 6.07) is 44.0. The number of hydrogen-bond donors (Lipinski definition) is 10. The van der Waals surface area contributed by atoms with Crippen LogP contribution in [0.5, 0.6) is 0 Å². The Kier molecular flexibility index (Phi) is 48.1. The number of rotatable bonds is 25. The van der Waals surface area contributed by atoms with Crippen molar-refractivity contribution in [1.82, 2.24) is 44.1 Å². The largest absolute Gasteiger partial charge is 0.396 e. The number of ketones is 1. The van der Waals surface area contributed by atoms with E-state index in [-0.39, 0.29) is 73.6 Å². The van der Waals surface area contributed by atoms with Crippen molar-refractivity contribution in [1.29, 1.82) is 0 Å². The number of piperidine rings is 4. The predicted octanol–water partition coefficient (Wildman–Crippen LogP) is 15.6. The number of alkyl halides is 2. The van der Waals surface area contributed by atoms with Crippen LogP contribution in [0.3, 0.4) is 0 Å². The molecule has 146 heavy (non-hydrogen) atoms. The highest BCUT2D eigenvalue weighted by Crippen LogP contribution is 2.42. The number of aliphatic hydroxyl groups excluding tert-OH is 1. The SMILES string of the molecule is CC1(C)CCN(CC(N)=O)CC1.Cc1ccc(CC(=O)CCN2CCC3CCCC32)cc1.Cc1ccc(NC(=O)CCN2CCC3CCCCC32)cc1.Cc1ccc(NC(=O)CN2CCC3CCCC32)cc1.Cc1ccc(NC(=O)CN2CCC3CCCCC32)cc1.Cc1ccc(NC(=O)N2CCC3CCCCC32)cc1.NC(=O)CN1CCC(CO)CC1.NC(=O)CN1CCCC(F)(F)C1.NC(=O)CN1CCCC(N)C1. The lowest BCUT2D eigenvalue weighted by molar-refractivity contribution is -0.122. The first-order chi connectivity index (χ1) is 70.0. The van der Waals surface area contributed by atoms with Gasteiger partial charge in [0.1, 0.15) is 5.78 Å². The molecule has 9 aliphatic heterocycles. The zero-order chi connectivity index (χ0) is 105. The van der Waals surface area contributed by atoms with Crippen LogP contribution in [0.2, 0.25) is 0 Å². The molecule has 30 heteroatoms. The highest BCUT2D eigenvalue weighted by Gasteiger charge is 2.43. The maximum atomic E-state index is 12.7. The van der Waals surface area contributed by atoms with Crippen molar-refractivity contribution in [3.05, 3.63) is 155 Å². The van der Waals surface area contributed by atoms with Gasteiger partial charge in [-0.2, -0.15) is 0 Å². The Labute approximate surface area is 870 Å². The number of aryl methyl sites for hydroxylation is 5. The van der Waals surface area contributed by atoms with E-state index in [1.807, 2.05) is 107 Å². The van der Waals surface area contributed by atoms with Gasteiger partial charge in [0.25, 0.3) is 5.92 Å². The van der Waals surface area contributed by atoms with Crippen LogP contribution < -0.4 is 49.9 Å². The molecule has 14 fully saturated rings. The number of amides is 9. The van der Waals surface area contributed by atoms with Gasteiger partial charge in [-0.3, -0.25) is 77.6 Å². The Bertz CT molecular complexity index is 4810. The maximum absolute atomic E-state index is 12.7. The first-order valence-electron chi connectivity index (χ1n) is 55.6. The molecule has 9 saturated heterocycles. The molecule has 14 aliphatic rings. The summed E-state index contributed by atoms with van der Waals surface area (Å²) in [6.45, 7) is 30.5. The number of fused-ring (bicyclic) bond motifs is 5. The Morgan fingerprint density at radius 2 is 0.692 bits per heavy atom. The maximum Gasteiger partial charge on any atom is 0.322 e. The topological polar surface area (TPSA) is 381 Å². The molecule has 0 bridgehead atoms. The number of benzene rings is 5. The van der Waals surface area contributed by atoms with Crippen LogP contribution in [-0.2, 0) is 44.8 Å². The number of aliphatic hydroxyl groups is 1. The summed E-state index contributed by atoms with van der Waals surface area (Å²) in [6.07, 6.45) is 39.3. The van der Waals surface area contributed by atoms with E-state index in [9.17, 15) is 51.9 Å². The summed E-state index contributed by atoms with van der Waals surface area (Å²) < 4.78 is 25.4. The van der Waals surface area contributed by atoms with Gasteiger partial charge >= 0.3 is 6.03 Å². The van der Waals surface area contributed by atoms with Crippen molar-refractivity contribution in [3.8, 4) is 0 Å². The number of urea groups is 1. The molecule has 15 N–H and O–H groups in total. The molecule has 9 amide bonds. The van der Waals surface area contributed by atoms with Crippen LogP contribution in [0.15, 0.2) is 121 Å². The van der Waals surface area contributed by atoms with E-state index in [1.165, 1.54) is 206 Å². The quantitative estimate of drug-likeness (QED) is 0.0259. The van der Waals surface area contributed by atoms with E-state index in [1.54, 1.807) is 0 Å². The number of carbonyl (C=O) groups excluding carboxylic acids is 9.